The maximum Gasteiger partial charge on any atom is 0.0995 e. The number of thiol groups is 2. The van der Waals surface area contributed by atoms with Crippen LogP contribution in [0.25, 0.3) is 0 Å². The maximum atomic E-state index is 4.35. The van der Waals surface area contributed by atoms with Gasteiger partial charge in [-0.25, -0.2) is 3.29 Å². The molecule has 0 bridgehead atoms. The van der Waals surface area contributed by atoms with E-state index in [0.29, 0.717) is 3.29 Å². The fourth-order valence-corrected chi connectivity index (χ4v) is 1.63. The van der Waals surface area contributed by atoms with Gasteiger partial charge in [-0.2, -0.15) is 0 Å². The van der Waals surface area contributed by atoms with Gasteiger partial charge < -0.3 is 0 Å². The van der Waals surface area contributed by atoms with E-state index in [-0.39, 0.29) is 0 Å². The van der Waals surface area contributed by atoms with Crippen LogP contribution in [0.3, 0.4) is 0 Å². The molecule has 0 aromatic rings. The summed E-state index contributed by atoms with van der Waals surface area (Å²) < 4.78 is 0.576. The second kappa shape index (κ2) is 4.47. The predicted octanol–water partition coefficient (Wildman–Crippen LogP) is 2.31. The van der Waals surface area contributed by atoms with Crippen molar-refractivity contribution >= 4 is 25.6 Å². The molecule has 0 amide bonds. The second-order valence-electron chi connectivity index (χ2n) is 2.33. The van der Waals surface area contributed by atoms with Gasteiger partial charge in [-0.1, -0.05) is 13.8 Å². The van der Waals surface area contributed by atoms with Crippen molar-refractivity contribution in [2.45, 2.75) is 26.7 Å². The summed E-state index contributed by atoms with van der Waals surface area (Å²) in [4.78, 5) is 0. The SMILES string of the molecule is CCC[N+](S)(S)CCC. The summed E-state index contributed by atoms with van der Waals surface area (Å²) in [5, 5.41) is 0. The third-order valence-electron chi connectivity index (χ3n) is 1.16. The van der Waals surface area contributed by atoms with Gasteiger partial charge in [-0.15, -0.1) is 0 Å². The van der Waals surface area contributed by atoms with Crippen molar-refractivity contribution in [1.29, 1.82) is 0 Å². The average molecular weight is 166 g/mol. The zero-order chi connectivity index (χ0) is 7.33. The molecule has 0 saturated carbocycles. The van der Waals surface area contributed by atoms with Gasteiger partial charge in [0.25, 0.3) is 0 Å². The number of hydrogen-bond acceptors (Lipinski definition) is 2. The molecule has 9 heavy (non-hydrogen) atoms. The lowest BCUT2D eigenvalue weighted by molar-refractivity contribution is -0.640. The molecule has 0 aliphatic heterocycles. The predicted molar refractivity (Wildman–Crippen MR) is 48.5 cm³/mol. The second-order valence-corrected chi connectivity index (χ2v) is 4.17. The van der Waals surface area contributed by atoms with Crippen LogP contribution in [0.15, 0.2) is 0 Å². The van der Waals surface area contributed by atoms with Gasteiger partial charge in [0.05, 0.1) is 38.7 Å². The van der Waals surface area contributed by atoms with E-state index >= 15 is 0 Å². The minimum Gasteiger partial charge on any atom is -0.206 e. The Kier molecular flexibility index (Phi) is 4.80. The van der Waals surface area contributed by atoms with E-state index in [0.717, 1.165) is 25.9 Å². The van der Waals surface area contributed by atoms with Crippen LogP contribution in [-0.2, 0) is 0 Å². The molecular formula is C6H16NS2+. The first-order valence-corrected chi connectivity index (χ1v) is 4.25. The Morgan fingerprint density at radius 1 is 1.00 bits per heavy atom. The van der Waals surface area contributed by atoms with Crippen molar-refractivity contribution in [3.8, 4) is 0 Å². The molecule has 3 heteroatoms. The summed E-state index contributed by atoms with van der Waals surface area (Å²) in [6, 6.07) is 0. The van der Waals surface area contributed by atoms with E-state index in [1.54, 1.807) is 0 Å². The van der Waals surface area contributed by atoms with Crippen LogP contribution < -0.4 is 0 Å². The van der Waals surface area contributed by atoms with Crippen molar-refractivity contribution in [2.75, 3.05) is 13.1 Å². The number of nitrogens with zero attached hydrogens (tertiary/aromatic N) is 1. The molecule has 0 radical (unpaired) electrons. The van der Waals surface area contributed by atoms with Crippen LogP contribution in [0, 0.1) is 0 Å². The molecule has 0 rings (SSSR count). The minimum atomic E-state index is 0.576. The molecule has 0 N–H and O–H groups in total. The van der Waals surface area contributed by atoms with E-state index < -0.39 is 0 Å². The van der Waals surface area contributed by atoms with Crippen molar-refractivity contribution in [3.05, 3.63) is 0 Å². The molecule has 0 aromatic heterocycles. The van der Waals surface area contributed by atoms with Crippen molar-refractivity contribution in [2.24, 2.45) is 0 Å². The molecule has 0 atom stereocenters. The quantitative estimate of drug-likeness (QED) is 0.465. The fourth-order valence-electron chi connectivity index (χ4n) is 0.828. The zero-order valence-corrected chi connectivity index (χ0v) is 7.96. The Balaban J connectivity index is 3.43. The van der Waals surface area contributed by atoms with Crippen LogP contribution in [0.1, 0.15) is 26.7 Å². The highest BCUT2D eigenvalue weighted by Gasteiger charge is 2.14. The van der Waals surface area contributed by atoms with Gasteiger partial charge in [0.1, 0.15) is 0 Å². The van der Waals surface area contributed by atoms with E-state index in [4.69, 9.17) is 0 Å². The van der Waals surface area contributed by atoms with Gasteiger partial charge in [0, 0.05) is 0 Å². The largest absolute Gasteiger partial charge is 0.206 e. The van der Waals surface area contributed by atoms with Crippen LogP contribution in [0.5, 0.6) is 0 Å². The topological polar surface area (TPSA) is 0 Å². The third-order valence-corrected chi connectivity index (χ3v) is 1.96. The molecule has 1 nitrogen and oxygen atoms in total. The van der Waals surface area contributed by atoms with Crippen molar-refractivity contribution in [3.63, 3.8) is 0 Å². The first kappa shape index (κ1) is 9.66. The highest BCUT2D eigenvalue weighted by Crippen LogP contribution is 2.16. The zero-order valence-electron chi connectivity index (χ0n) is 6.17. The number of quaternary nitrogens is 1. The van der Waals surface area contributed by atoms with Gasteiger partial charge in [0.2, 0.25) is 0 Å². The highest BCUT2D eigenvalue weighted by atomic mass is 32.2. The monoisotopic (exact) mass is 166 g/mol. The molecule has 0 saturated heterocycles. The standard InChI is InChI=1S/C6H16NS2/c1-3-5-7(8,9)6-4-2/h8-9H,3-6H2,1-2H3/q+1. The summed E-state index contributed by atoms with van der Waals surface area (Å²) in [5.74, 6) is 0. The lowest BCUT2D eigenvalue weighted by Gasteiger charge is -2.22. The lowest BCUT2D eigenvalue weighted by atomic mass is 10.4. The van der Waals surface area contributed by atoms with Crippen LogP contribution in [0.4, 0.5) is 0 Å². The highest BCUT2D eigenvalue weighted by molar-refractivity contribution is 7.87. The summed E-state index contributed by atoms with van der Waals surface area (Å²) in [7, 11) is 0. The molecule has 0 fully saturated rings. The Labute approximate surface area is 69.1 Å². The smallest absolute Gasteiger partial charge is 0.0995 e. The number of rotatable bonds is 4. The van der Waals surface area contributed by atoms with Gasteiger partial charge in [-0.05, 0) is 12.8 Å². The van der Waals surface area contributed by atoms with E-state index in [9.17, 15) is 0 Å². The van der Waals surface area contributed by atoms with Crippen molar-refractivity contribution in [1.82, 2.24) is 0 Å². The number of hydrogen-bond donors (Lipinski definition) is 2. The molecule has 0 aliphatic rings. The average Bonchev–Trinajstić information content (AvgIpc) is 1.64. The molecular weight excluding hydrogens is 150 g/mol. The van der Waals surface area contributed by atoms with Crippen LogP contribution in [0.2, 0.25) is 0 Å². The third kappa shape index (κ3) is 5.12. The fraction of sp³-hybridized carbons (Fsp3) is 1.00. The molecule has 0 aromatic carbocycles. The lowest BCUT2D eigenvalue weighted by Crippen LogP contribution is -2.28. The van der Waals surface area contributed by atoms with Gasteiger partial charge in [-0.3, -0.25) is 0 Å². The Morgan fingerprint density at radius 3 is 1.56 bits per heavy atom. The first-order valence-electron chi connectivity index (χ1n) is 3.45. The Morgan fingerprint density at radius 2 is 1.33 bits per heavy atom. The van der Waals surface area contributed by atoms with Crippen LogP contribution >= 0.6 is 25.6 Å². The Bertz CT molecular complexity index is 65.5. The van der Waals surface area contributed by atoms with E-state index in [1.807, 2.05) is 0 Å². The molecule has 0 heterocycles. The molecule has 0 unspecified atom stereocenters. The van der Waals surface area contributed by atoms with E-state index in [1.165, 1.54) is 0 Å². The maximum absolute atomic E-state index is 4.35. The van der Waals surface area contributed by atoms with Gasteiger partial charge >= 0.3 is 0 Å². The summed E-state index contributed by atoms with van der Waals surface area (Å²) in [5.41, 5.74) is 0. The van der Waals surface area contributed by atoms with E-state index in [2.05, 4.69) is 39.5 Å². The normalized spacial score (nSPS) is 12.0. The molecule has 0 spiro atoms. The Hall–Kier alpha value is 0.660. The summed E-state index contributed by atoms with van der Waals surface area (Å²) in [6.45, 7) is 6.38. The van der Waals surface area contributed by atoms with Gasteiger partial charge in [0.15, 0.2) is 0 Å². The first-order chi connectivity index (χ1) is 4.12. The molecule has 0 aliphatic carbocycles. The van der Waals surface area contributed by atoms with Crippen molar-refractivity contribution < 1.29 is 3.29 Å². The molecule has 56 valence electrons. The van der Waals surface area contributed by atoms with Crippen LogP contribution in [-0.4, -0.2) is 16.4 Å². The summed E-state index contributed by atoms with van der Waals surface area (Å²) in [6.07, 6.45) is 2.29. The summed E-state index contributed by atoms with van der Waals surface area (Å²) >= 11 is 8.70. The minimum absolute atomic E-state index is 0.576.